The second kappa shape index (κ2) is 12.1. The molecule has 0 aliphatic heterocycles. The highest BCUT2D eigenvalue weighted by atomic mass is 14.9. The number of nitrogens with zero attached hydrogens (tertiary/aromatic N) is 1. The van der Waals surface area contributed by atoms with E-state index in [0.29, 0.717) is 0 Å². The second-order valence-electron chi connectivity index (χ2n) is 9.75. The van der Waals surface area contributed by atoms with Crippen LogP contribution in [0.25, 0.3) is 22.3 Å². The van der Waals surface area contributed by atoms with Crippen molar-refractivity contribution in [3.05, 3.63) is 163 Å². The monoisotopic (exact) mass is 517 g/mol. The molecule has 3 nitrogen and oxygen atoms in total. The number of hydrogen-bond donors (Lipinski definition) is 2. The zero-order valence-electron chi connectivity index (χ0n) is 22.3. The zero-order valence-corrected chi connectivity index (χ0v) is 22.3. The molecule has 3 heteroatoms. The number of rotatable bonds is 7. The van der Waals surface area contributed by atoms with E-state index in [4.69, 9.17) is 4.99 Å². The van der Waals surface area contributed by atoms with Crippen molar-refractivity contribution in [1.29, 1.82) is 0 Å². The van der Waals surface area contributed by atoms with Gasteiger partial charge in [-0.1, -0.05) is 109 Å². The minimum Gasteiger partial charge on any atom is -0.361 e. The van der Waals surface area contributed by atoms with Crippen molar-refractivity contribution in [2.45, 2.75) is 12.8 Å². The quantitative estimate of drug-likeness (QED) is 0.225. The Morgan fingerprint density at radius 1 is 0.475 bits per heavy atom. The van der Waals surface area contributed by atoms with Crippen molar-refractivity contribution < 1.29 is 0 Å². The van der Waals surface area contributed by atoms with Gasteiger partial charge in [0, 0.05) is 29.3 Å². The van der Waals surface area contributed by atoms with Gasteiger partial charge < -0.3 is 10.6 Å². The SMILES string of the molecule is C(/Nc1ccccc1)=C1\CC/C(=C\Nc2ccccc2)C1=Nc1cccc(-c2ccccc2)c1-c1ccccc1. The Labute approximate surface area is 236 Å². The maximum absolute atomic E-state index is 5.41. The van der Waals surface area contributed by atoms with Gasteiger partial charge in [0.05, 0.1) is 11.4 Å². The van der Waals surface area contributed by atoms with Gasteiger partial charge in [-0.15, -0.1) is 0 Å². The highest BCUT2D eigenvalue weighted by molar-refractivity contribution is 6.16. The topological polar surface area (TPSA) is 36.4 Å². The van der Waals surface area contributed by atoms with Gasteiger partial charge in [-0.2, -0.15) is 0 Å². The van der Waals surface area contributed by atoms with E-state index in [2.05, 4.69) is 126 Å². The number of hydrogen-bond acceptors (Lipinski definition) is 3. The van der Waals surface area contributed by atoms with Crippen LogP contribution in [0, 0.1) is 0 Å². The molecule has 5 aromatic rings. The molecule has 5 aromatic carbocycles. The molecule has 194 valence electrons. The van der Waals surface area contributed by atoms with Crippen molar-refractivity contribution in [3.8, 4) is 22.3 Å². The molecule has 0 atom stereocenters. The van der Waals surface area contributed by atoms with E-state index >= 15 is 0 Å². The van der Waals surface area contributed by atoms with Gasteiger partial charge in [-0.05, 0) is 71.0 Å². The Bertz CT molecular complexity index is 1590. The Balaban J connectivity index is 1.47. The predicted molar refractivity (Wildman–Crippen MR) is 170 cm³/mol. The predicted octanol–water partition coefficient (Wildman–Crippen LogP) is 9.88. The van der Waals surface area contributed by atoms with E-state index in [1.807, 2.05) is 36.4 Å². The summed E-state index contributed by atoms with van der Waals surface area (Å²) in [5.74, 6) is 0. The molecule has 40 heavy (non-hydrogen) atoms. The lowest BCUT2D eigenvalue weighted by molar-refractivity contribution is 1.05. The van der Waals surface area contributed by atoms with Crippen LogP contribution in [-0.2, 0) is 0 Å². The van der Waals surface area contributed by atoms with Gasteiger partial charge in [-0.25, -0.2) is 4.99 Å². The van der Waals surface area contributed by atoms with Crippen molar-refractivity contribution in [2.24, 2.45) is 4.99 Å². The summed E-state index contributed by atoms with van der Waals surface area (Å²) in [5, 5.41) is 6.98. The summed E-state index contributed by atoms with van der Waals surface area (Å²) in [4.78, 5) is 5.41. The Kier molecular flexibility index (Phi) is 7.63. The first-order valence-electron chi connectivity index (χ1n) is 13.7. The number of nitrogens with one attached hydrogen (secondary N) is 2. The molecule has 1 aliphatic carbocycles. The summed E-state index contributed by atoms with van der Waals surface area (Å²) in [6, 6.07) is 48.1. The van der Waals surface area contributed by atoms with Crippen LogP contribution in [0.1, 0.15) is 12.8 Å². The highest BCUT2D eigenvalue weighted by Crippen LogP contribution is 2.41. The third-order valence-electron chi connectivity index (χ3n) is 7.07. The number of aliphatic imine (C=N–C) groups is 1. The van der Waals surface area contributed by atoms with Crippen LogP contribution in [0.15, 0.2) is 168 Å². The van der Waals surface area contributed by atoms with Gasteiger partial charge in [0.1, 0.15) is 0 Å². The normalized spacial score (nSPS) is 15.9. The molecule has 2 N–H and O–H groups in total. The van der Waals surface area contributed by atoms with E-state index in [1.54, 1.807) is 0 Å². The number of benzene rings is 5. The molecular formula is C37H31N3. The first-order chi connectivity index (χ1) is 19.8. The molecule has 1 fully saturated rings. The summed E-state index contributed by atoms with van der Waals surface area (Å²) in [5.41, 5.74) is 11.1. The van der Waals surface area contributed by atoms with Crippen LogP contribution in [0.2, 0.25) is 0 Å². The van der Waals surface area contributed by atoms with Gasteiger partial charge in [-0.3, -0.25) is 0 Å². The maximum atomic E-state index is 5.41. The van der Waals surface area contributed by atoms with Gasteiger partial charge >= 0.3 is 0 Å². The number of allylic oxidation sites excluding steroid dienone is 2. The molecule has 0 bridgehead atoms. The third kappa shape index (κ3) is 5.79. The molecule has 0 amide bonds. The van der Waals surface area contributed by atoms with Crippen molar-refractivity contribution in [1.82, 2.24) is 0 Å². The van der Waals surface area contributed by atoms with Crippen LogP contribution >= 0.6 is 0 Å². The average Bonchev–Trinajstić information content (AvgIpc) is 3.41. The summed E-state index contributed by atoms with van der Waals surface area (Å²) >= 11 is 0. The lowest BCUT2D eigenvalue weighted by Gasteiger charge is -2.15. The average molecular weight is 518 g/mol. The Morgan fingerprint density at radius 3 is 1.48 bits per heavy atom. The third-order valence-corrected chi connectivity index (χ3v) is 7.07. The second-order valence-corrected chi connectivity index (χ2v) is 9.75. The minimum atomic E-state index is 0.917. The van der Waals surface area contributed by atoms with Crippen LogP contribution in [-0.4, -0.2) is 5.71 Å². The first kappa shape index (κ1) is 25.1. The molecule has 0 radical (unpaired) electrons. The minimum absolute atomic E-state index is 0.917. The van der Waals surface area contributed by atoms with Crippen LogP contribution in [0.5, 0.6) is 0 Å². The first-order valence-corrected chi connectivity index (χ1v) is 13.7. The van der Waals surface area contributed by atoms with Crippen LogP contribution in [0.3, 0.4) is 0 Å². The van der Waals surface area contributed by atoms with Crippen LogP contribution in [0.4, 0.5) is 17.1 Å². The smallest absolute Gasteiger partial charge is 0.0730 e. The molecular weight excluding hydrogens is 486 g/mol. The van der Waals surface area contributed by atoms with Gasteiger partial charge in [0.2, 0.25) is 0 Å². The molecule has 0 heterocycles. The highest BCUT2D eigenvalue weighted by Gasteiger charge is 2.23. The fraction of sp³-hybridized carbons (Fsp3) is 0.0541. The fourth-order valence-electron chi connectivity index (χ4n) is 5.07. The molecule has 6 rings (SSSR count). The molecule has 0 unspecified atom stereocenters. The van der Waals surface area contributed by atoms with Crippen molar-refractivity contribution >= 4 is 22.8 Å². The van der Waals surface area contributed by atoms with E-state index in [9.17, 15) is 0 Å². The number of para-hydroxylation sites is 2. The number of anilines is 2. The molecule has 0 aromatic heterocycles. The van der Waals surface area contributed by atoms with Gasteiger partial charge in [0.15, 0.2) is 0 Å². The largest absolute Gasteiger partial charge is 0.361 e. The zero-order chi connectivity index (χ0) is 27.0. The lowest BCUT2D eigenvalue weighted by atomic mass is 9.93. The van der Waals surface area contributed by atoms with Crippen LogP contribution < -0.4 is 10.6 Å². The lowest BCUT2D eigenvalue weighted by Crippen LogP contribution is -2.02. The summed E-state index contributed by atoms with van der Waals surface area (Å²) in [7, 11) is 0. The maximum Gasteiger partial charge on any atom is 0.0730 e. The van der Waals surface area contributed by atoms with E-state index in [0.717, 1.165) is 46.7 Å². The molecule has 1 saturated carbocycles. The molecule has 0 saturated heterocycles. The Morgan fingerprint density at radius 2 is 0.950 bits per heavy atom. The summed E-state index contributed by atoms with van der Waals surface area (Å²) in [6.45, 7) is 0. The summed E-state index contributed by atoms with van der Waals surface area (Å²) < 4.78 is 0. The van der Waals surface area contributed by atoms with Crippen molar-refractivity contribution in [2.75, 3.05) is 10.6 Å². The molecule has 1 aliphatic rings. The van der Waals surface area contributed by atoms with Gasteiger partial charge in [0.25, 0.3) is 0 Å². The standard InChI is InChI=1S/C37H31N3/c1-5-14-28(15-6-1)34-22-13-23-35(36(34)29-16-7-2-8-17-29)40-37-30(26-38-32-18-9-3-10-19-32)24-25-31(37)27-39-33-20-11-4-12-21-33/h1-23,26-27,38-39H,24-25H2/b30-26-,31-27+,40-37?. The van der Waals surface area contributed by atoms with E-state index in [-0.39, 0.29) is 0 Å². The van der Waals surface area contributed by atoms with Crippen molar-refractivity contribution in [3.63, 3.8) is 0 Å². The Hall–Kier alpha value is -5.15. The van der Waals surface area contributed by atoms with E-state index in [1.165, 1.54) is 22.3 Å². The van der Waals surface area contributed by atoms with E-state index < -0.39 is 0 Å². The summed E-state index contributed by atoms with van der Waals surface area (Å²) in [6.07, 6.45) is 6.06. The fourth-order valence-corrected chi connectivity index (χ4v) is 5.07. The molecule has 0 spiro atoms.